The van der Waals surface area contributed by atoms with Crippen LogP contribution in [0.1, 0.15) is 46.5 Å². The molecule has 1 aromatic carbocycles. The zero-order valence-electron chi connectivity index (χ0n) is 16.2. The van der Waals surface area contributed by atoms with Crippen LogP contribution in [0.3, 0.4) is 0 Å². The smallest absolute Gasteiger partial charge is 0.191 e. The van der Waals surface area contributed by atoms with Crippen LogP contribution in [-0.2, 0) is 9.84 Å². The van der Waals surface area contributed by atoms with Crippen molar-refractivity contribution in [2.45, 2.75) is 57.0 Å². The fourth-order valence-corrected chi connectivity index (χ4v) is 4.01. The van der Waals surface area contributed by atoms with Gasteiger partial charge in [0.25, 0.3) is 0 Å². The zero-order valence-corrected chi connectivity index (χ0v) is 17.0. The monoisotopic (exact) mass is 383 g/mol. The average molecular weight is 384 g/mol. The number of nitrogens with one attached hydrogen (secondary N) is 2. The van der Waals surface area contributed by atoms with Gasteiger partial charge in [0.15, 0.2) is 15.8 Å². The molecule has 0 radical (unpaired) electrons. The molecule has 0 fully saturated rings. The molecule has 26 heavy (non-hydrogen) atoms. The number of aliphatic imine (C=N–C) groups is 1. The van der Waals surface area contributed by atoms with Gasteiger partial charge in [0.1, 0.15) is 0 Å². The molecule has 0 amide bonds. The highest BCUT2D eigenvalue weighted by molar-refractivity contribution is 7.91. The van der Waals surface area contributed by atoms with Crippen LogP contribution in [0, 0.1) is 0 Å². The summed E-state index contributed by atoms with van der Waals surface area (Å²) in [6.45, 7) is 7.25. The molecule has 0 heterocycles. The summed E-state index contributed by atoms with van der Waals surface area (Å²) in [5.74, 6) is 0.511. The largest absolute Gasteiger partial charge is 0.388 e. The molecular weight excluding hydrogens is 350 g/mol. The molecule has 1 aromatic rings. The predicted molar refractivity (Wildman–Crippen MR) is 107 cm³/mol. The summed E-state index contributed by atoms with van der Waals surface area (Å²) in [5.41, 5.74) is -0.804. The normalized spacial score (nSPS) is 12.8. The van der Waals surface area contributed by atoms with Gasteiger partial charge in [-0.15, -0.1) is 0 Å². The maximum Gasteiger partial charge on any atom is 0.191 e. The van der Waals surface area contributed by atoms with E-state index in [0.29, 0.717) is 36.8 Å². The van der Waals surface area contributed by atoms with Crippen molar-refractivity contribution in [3.8, 4) is 0 Å². The van der Waals surface area contributed by atoms with Crippen LogP contribution in [0.4, 0.5) is 0 Å². The summed E-state index contributed by atoms with van der Waals surface area (Å²) < 4.78 is 24.6. The molecule has 0 saturated heterocycles. The minimum atomic E-state index is -3.33. The van der Waals surface area contributed by atoms with Crippen molar-refractivity contribution in [1.29, 1.82) is 0 Å². The predicted octanol–water partition coefficient (Wildman–Crippen LogP) is 2.35. The second kappa shape index (κ2) is 11.2. The molecule has 0 saturated carbocycles. The number of rotatable bonds is 11. The Morgan fingerprint density at radius 3 is 2.23 bits per heavy atom. The van der Waals surface area contributed by atoms with Crippen molar-refractivity contribution >= 4 is 15.8 Å². The van der Waals surface area contributed by atoms with Gasteiger partial charge in [0, 0.05) is 13.1 Å². The van der Waals surface area contributed by atoms with Crippen molar-refractivity contribution < 1.29 is 13.5 Å². The van der Waals surface area contributed by atoms with E-state index in [1.165, 1.54) is 0 Å². The van der Waals surface area contributed by atoms with E-state index in [2.05, 4.69) is 15.6 Å². The van der Waals surface area contributed by atoms with Gasteiger partial charge in [-0.3, -0.25) is 4.99 Å². The molecule has 3 N–H and O–H groups in total. The molecule has 148 valence electrons. The number of aliphatic hydroxyl groups is 1. The fourth-order valence-electron chi connectivity index (χ4n) is 2.83. The highest BCUT2D eigenvalue weighted by Crippen LogP contribution is 2.19. The molecule has 6 nitrogen and oxygen atoms in total. The Kier molecular flexibility index (Phi) is 9.65. The van der Waals surface area contributed by atoms with Crippen LogP contribution in [0.2, 0.25) is 0 Å². The van der Waals surface area contributed by atoms with Crippen LogP contribution in [-0.4, -0.2) is 50.5 Å². The van der Waals surface area contributed by atoms with Crippen molar-refractivity contribution in [3.05, 3.63) is 30.3 Å². The molecule has 0 aliphatic heterocycles. The van der Waals surface area contributed by atoms with Crippen LogP contribution >= 0.6 is 0 Å². The molecular formula is C19H33N3O3S. The number of hydrogen-bond donors (Lipinski definition) is 3. The Morgan fingerprint density at radius 1 is 1.08 bits per heavy atom. The minimum Gasteiger partial charge on any atom is -0.388 e. The minimum absolute atomic E-state index is 0.0182. The maximum atomic E-state index is 12.3. The van der Waals surface area contributed by atoms with Gasteiger partial charge >= 0.3 is 0 Å². The third kappa shape index (κ3) is 7.74. The Morgan fingerprint density at radius 2 is 1.69 bits per heavy atom. The molecule has 0 aliphatic rings. The third-order valence-electron chi connectivity index (χ3n) is 4.07. The first-order chi connectivity index (χ1) is 12.4. The number of guanidine groups is 1. The van der Waals surface area contributed by atoms with Crippen LogP contribution in [0.25, 0.3) is 0 Å². The lowest BCUT2D eigenvalue weighted by Crippen LogP contribution is -2.41. The van der Waals surface area contributed by atoms with Gasteiger partial charge in [0.05, 0.1) is 22.8 Å². The molecule has 0 bridgehead atoms. The van der Waals surface area contributed by atoms with Gasteiger partial charge in [-0.05, 0) is 31.9 Å². The molecule has 0 aromatic heterocycles. The Hall–Kier alpha value is -1.60. The van der Waals surface area contributed by atoms with E-state index in [9.17, 15) is 13.5 Å². The van der Waals surface area contributed by atoms with E-state index in [1.54, 1.807) is 30.3 Å². The van der Waals surface area contributed by atoms with Gasteiger partial charge in [0.2, 0.25) is 0 Å². The van der Waals surface area contributed by atoms with Gasteiger partial charge < -0.3 is 15.7 Å². The van der Waals surface area contributed by atoms with Crippen LogP contribution < -0.4 is 10.6 Å². The Balaban J connectivity index is 2.67. The summed E-state index contributed by atoms with van der Waals surface area (Å²) in [6.07, 6.45) is 3.19. The quantitative estimate of drug-likeness (QED) is 0.403. The number of benzene rings is 1. The van der Waals surface area contributed by atoms with Crippen molar-refractivity contribution in [2.75, 3.05) is 25.4 Å². The van der Waals surface area contributed by atoms with Crippen LogP contribution in [0.15, 0.2) is 40.2 Å². The molecule has 0 unspecified atom stereocenters. The average Bonchev–Trinajstić information content (AvgIpc) is 2.61. The number of nitrogens with zero attached hydrogens (tertiary/aromatic N) is 1. The van der Waals surface area contributed by atoms with E-state index in [1.807, 2.05) is 20.8 Å². The zero-order chi connectivity index (χ0) is 19.5. The van der Waals surface area contributed by atoms with Crippen molar-refractivity contribution in [2.24, 2.45) is 4.99 Å². The highest BCUT2D eigenvalue weighted by Gasteiger charge is 2.24. The highest BCUT2D eigenvalue weighted by atomic mass is 32.2. The first-order valence-corrected chi connectivity index (χ1v) is 11.0. The second-order valence-corrected chi connectivity index (χ2v) is 8.59. The lowest BCUT2D eigenvalue weighted by Gasteiger charge is -2.26. The first kappa shape index (κ1) is 22.4. The number of sulfone groups is 1. The molecule has 7 heteroatoms. The second-order valence-electron chi connectivity index (χ2n) is 6.48. The van der Waals surface area contributed by atoms with E-state index in [-0.39, 0.29) is 12.3 Å². The summed E-state index contributed by atoms with van der Waals surface area (Å²) in [4.78, 5) is 4.79. The van der Waals surface area contributed by atoms with E-state index in [0.717, 1.165) is 12.8 Å². The standard InChI is InChI=1S/C19H33N3O3S/c1-4-12-19(23,13-5-2)16-22-18(20-6-3)21-14-15-26(24,25)17-10-8-7-9-11-17/h7-11,23H,4-6,12-16H2,1-3H3,(H2,20,21,22). The fraction of sp³-hybridized carbons (Fsp3) is 0.632. The SMILES string of the molecule is CCCC(O)(CCC)CN=C(NCC)NCCS(=O)(=O)c1ccccc1. The van der Waals surface area contributed by atoms with Crippen LogP contribution in [0.5, 0.6) is 0 Å². The molecule has 0 atom stereocenters. The summed E-state index contributed by atoms with van der Waals surface area (Å²) in [7, 11) is -3.33. The lowest BCUT2D eigenvalue weighted by molar-refractivity contribution is 0.0306. The summed E-state index contributed by atoms with van der Waals surface area (Å²) >= 11 is 0. The lowest BCUT2D eigenvalue weighted by atomic mass is 9.93. The van der Waals surface area contributed by atoms with E-state index >= 15 is 0 Å². The topological polar surface area (TPSA) is 90.8 Å². The third-order valence-corrected chi connectivity index (χ3v) is 5.80. The van der Waals surface area contributed by atoms with Gasteiger partial charge in [-0.1, -0.05) is 44.9 Å². The van der Waals surface area contributed by atoms with Gasteiger partial charge in [-0.2, -0.15) is 0 Å². The van der Waals surface area contributed by atoms with Gasteiger partial charge in [-0.25, -0.2) is 8.42 Å². The summed E-state index contributed by atoms with van der Waals surface area (Å²) in [6, 6.07) is 8.43. The Labute approximate surface area is 158 Å². The first-order valence-electron chi connectivity index (χ1n) is 9.39. The molecule has 0 spiro atoms. The van der Waals surface area contributed by atoms with Crippen molar-refractivity contribution in [1.82, 2.24) is 10.6 Å². The molecule has 0 aliphatic carbocycles. The summed E-state index contributed by atoms with van der Waals surface area (Å²) in [5, 5.41) is 16.8. The van der Waals surface area contributed by atoms with E-state index in [4.69, 9.17) is 0 Å². The van der Waals surface area contributed by atoms with Crippen molar-refractivity contribution in [3.63, 3.8) is 0 Å². The van der Waals surface area contributed by atoms with E-state index < -0.39 is 15.4 Å². The maximum absolute atomic E-state index is 12.3. The Bertz CT molecular complexity index is 639. The number of hydrogen-bond acceptors (Lipinski definition) is 4. The molecule has 1 rings (SSSR count).